The Morgan fingerprint density at radius 3 is 2.56 bits per heavy atom. The molecule has 27 heavy (non-hydrogen) atoms. The van der Waals surface area contributed by atoms with Gasteiger partial charge >= 0.3 is 0 Å². The summed E-state index contributed by atoms with van der Waals surface area (Å²) in [5.41, 5.74) is 2.49. The Bertz CT molecular complexity index is 916. The average molecular weight is 365 g/mol. The molecule has 1 N–H and O–H groups in total. The van der Waals surface area contributed by atoms with E-state index in [1.54, 1.807) is 19.2 Å². The highest BCUT2D eigenvalue weighted by atomic mass is 16.5. The molecule has 3 aromatic rings. The maximum Gasteiger partial charge on any atom is 0.251 e. The number of amides is 1. The topological polar surface area (TPSA) is 77.3 Å². The first-order valence-corrected chi connectivity index (χ1v) is 8.83. The molecule has 2 aromatic carbocycles. The fourth-order valence-corrected chi connectivity index (χ4v) is 2.68. The summed E-state index contributed by atoms with van der Waals surface area (Å²) in [6.45, 7) is 5.97. The van der Waals surface area contributed by atoms with Crippen LogP contribution in [0.25, 0.3) is 11.4 Å². The number of carbonyl (C=O) groups excluding carboxylic acids is 1. The van der Waals surface area contributed by atoms with Crippen LogP contribution in [0.15, 0.2) is 53.1 Å². The van der Waals surface area contributed by atoms with Gasteiger partial charge in [0.15, 0.2) is 0 Å². The van der Waals surface area contributed by atoms with Crippen LogP contribution in [0, 0.1) is 12.8 Å². The number of hydrogen-bond acceptors (Lipinski definition) is 5. The number of aromatic nitrogens is 2. The highest BCUT2D eigenvalue weighted by Crippen LogP contribution is 2.26. The summed E-state index contributed by atoms with van der Waals surface area (Å²) in [6, 6.07) is 14.5. The Morgan fingerprint density at radius 1 is 1.15 bits per heavy atom. The van der Waals surface area contributed by atoms with Gasteiger partial charge in [-0.15, -0.1) is 0 Å². The Morgan fingerprint density at radius 2 is 1.89 bits per heavy atom. The third-order valence-electron chi connectivity index (χ3n) is 4.30. The van der Waals surface area contributed by atoms with Gasteiger partial charge in [-0.1, -0.05) is 48.8 Å². The van der Waals surface area contributed by atoms with Crippen molar-refractivity contribution < 1.29 is 14.1 Å². The first kappa shape index (κ1) is 18.6. The van der Waals surface area contributed by atoms with Crippen molar-refractivity contribution in [2.75, 3.05) is 7.11 Å². The molecule has 6 nitrogen and oxygen atoms in total. The number of ether oxygens (including phenoxy) is 1. The van der Waals surface area contributed by atoms with Crippen LogP contribution < -0.4 is 10.1 Å². The van der Waals surface area contributed by atoms with Crippen molar-refractivity contribution in [2.24, 2.45) is 5.92 Å². The van der Waals surface area contributed by atoms with E-state index in [-0.39, 0.29) is 17.9 Å². The van der Waals surface area contributed by atoms with Crippen LogP contribution >= 0.6 is 0 Å². The molecule has 0 aliphatic rings. The molecule has 0 aliphatic heterocycles. The van der Waals surface area contributed by atoms with E-state index < -0.39 is 0 Å². The van der Waals surface area contributed by atoms with Crippen LogP contribution in [0.5, 0.6) is 5.75 Å². The Balaban J connectivity index is 1.82. The molecule has 0 aliphatic carbocycles. The van der Waals surface area contributed by atoms with Crippen LogP contribution in [0.4, 0.5) is 0 Å². The molecule has 0 bridgehead atoms. The molecule has 6 heteroatoms. The summed E-state index contributed by atoms with van der Waals surface area (Å²) in [4.78, 5) is 17.1. The van der Waals surface area contributed by atoms with Crippen molar-refractivity contribution in [2.45, 2.75) is 26.8 Å². The van der Waals surface area contributed by atoms with Crippen LogP contribution in [0.2, 0.25) is 0 Å². The van der Waals surface area contributed by atoms with Crippen molar-refractivity contribution in [1.29, 1.82) is 0 Å². The molecular formula is C21H23N3O3. The smallest absolute Gasteiger partial charge is 0.251 e. The zero-order valence-electron chi connectivity index (χ0n) is 15.9. The molecular weight excluding hydrogens is 342 g/mol. The van der Waals surface area contributed by atoms with Gasteiger partial charge in [0.25, 0.3) is 5.91 Å². The van der Waals surface area contributed by atoms with Crippen LogP contribution in [0.1, 0.15) is 41.7 Å². The predicted octanol–water partition coefficient (Wildman–Crippen LogP) is 4.18. The second-order valence-electron chi connectivity index (χ2n) is 6.75. The van der Waals surface area contributed by atoms with Gasteiger partial charge in [-0.05, 0) is 37.1 Å². The molecule has 1 atom stereocenters. The fourth-order valence-electron chi connectivity index (χ4n) is 2.68. The summed E-state index contributed by atoms with van der Waals surface area (Å²) >= 11 is 0. The molecule has 1 aromatic heterocycles. The number of benzene rings is 2. The first-order chi connectivity index (χ1) is 13.0. The number of nitrogens with one attached hydrogen (secondary N) is 1. The van der Waals surface area contributed by atoms with Gasteiger partial charge in [-0.25, -0.2) is 0 Å². The van der Waals surface area contributed by atoms with Crippen LogP contribution in [-0.4, -0.2) is 23.2 Å². The lowest BCUT2D eigenvalue weighted by molar-refractivity contribution is 0.0914. The van der Waals surface area contributed by atoms with E-state index in [0.717, 1.165) is 11.1 Å². The van der Waals surface area contributed by atoms with Gasteiger partial charge in [0.1, 0.15) is 11.8 Å². The second-order valence-corrected chi connectivity index (χ2v) is 6.75. The van der Waals surface area contributed by atoms with Crippen molar-refractivity contribution >= 4 is 5.91 Å². The highest BCUT2D eigenvalue weighted by molar-refractivity contribution is 5.94. The van der Waals surface area contributed by atoms with E-state index in [1.165, 1.54) is 0 Å². The van der Waals surface area contributed by atoms with Gasteiger partial charge < -0.3 is 14.6 Å². The third-order valence-corrected chi connectivity index (χ3v) is 4.30. The van der Waals surface area contributed by atoms with Crippen molar-refractivity contribution in [1.82, 2.24) is 15.5 Å². The predicted molar refractivity (Wildman–Crippen MR) is 103 cm³/mol. The van der Waals surface area contributed by atoms with Gasteiger partial charge in [0.05, 0.1) is 7.11 Å². The standard InChI is InChI=1S/C21H23N3O3/c1-13(2)18(22-20(25)15-10-8-14(3)9-11-15)21-23-19(24-27-21)16-6-5-7-17(12-16)26-4/h5-13,18H,1-4H3,(H,22,25)/t18-/m1/s1. The summed E-state index contributed by atoms with van der Waals surface area (Å²) in [7, 11) is 1.61. The van der Waals surface area contributed by atoms with E-state index in [1.807, 2.05) is 57.2 Å². The largest absolute Gasteiger partial charge is 0.497 e. The number of nitrogens with zero attached hydrogens (tertiary/aromatic N) is 2. The molecule has 3 rings (SSSR count). The van der Waals surface area contributed by atoms with E-state index in [9.17, 15) is 4.79 Å². The lowest BCUT2D eigenvalue weighted by Crippen LogP contribution is -2.32. The van der Waals surface area contributed by atoms with Crippen molar-refractivity contribution in [3.8, 4) is 17.1 Å². The summed E-state index contributed by atoms with van der Waals surface area (Å²) in [5.74, 6) is 1.46. The minimum absolute atomic E-state index is 0.0815. The maximum absolute atomic E-state index is 12.6. The fraction of sp³-hybridized carbons (Fsp3) is 0.286. The third kappa shape index (κ3) is 4.34. The highest BCUT2D eigenvalue weighted by Gasteiger charge is 2.25. The summed E-state index contributed by atoms with van der Waals surface area (Å²) in [5, 5.41) is 7.06. The van der Waals surface area contributed by atoms with Crippen LogP contribution in [-0.2, 0) is 0 Å². The van der Waals surface area contributed by atoms with E-state index in [0.29, 0.717) is 23.0 Å². The molecule has 0 unspecified atom stereocenters. The van der Waals surface area contributed by atoms with E-state index in [4.69, 9.17) is 9.26 Å². The Hall–Kier alpha value is -3.15. The molecule has 1 amide bonds. The molecule has 0 radical (unpaired) electrons. The summed E-state index contributed by atoms with van der Waals surface area (Å²) < 4.78 is 10.7. The first-order valence-electron chi connectivity index (χ1n) is 8.83. The monoisotopic (exact) mass is 365 g/mol. The van der Waals surface area contributed by atoms with Gasteiger partial charge in [-0.2, -0.15) is 4.98 Å². The molecule has 140 valence electrons. The Kier molecular flexibility index (Phi) is 5.54. The van der Waals surface area contributed by atoms with Crippen molar-refractivity contribution in [3.63, 3.8) is 0 Å². The number of aryl methyl sites for hydroxylation is 1. The zero-order chi connectivity index (χ0) is 19.4. The quantitative estimate of drug-likeness (QED) is 0.709. The molecule has 0 saturated carbocycles. The summed E-state index contributed by atoms with van der Waals surface area (Å²) in [6.07, 6.45) is 0. The van der Waals surface area contributed by atoms with Gasteiger partial charge in [0, 0.05) is 11.1 Å². The number of hydrogen-bond donors (Lipinski definition) is 1. The number of carbonyl (C=O) groups is 1. The maximum atomic E-state index is 12.6. The Labute approximate surface area is 158 Å². The van der Waals surface area contributed by atoms with Crippen LogP contribution in [0.3, 0.4) is 0 Å². The van der Waals surface area contributed by atoms with Crippen molar-refractivity contribution in [3.05, 3.63) is 65.5 Å². The lowest BCUT2D eigenvalue weighted by Gasteiger charge is -2.18. The van der Waals surface area contributed by atoms with Gasteiger partial charge in [0.2, 0.25) is 11.7 Å². The molecule has 0 saturated heterocycles. The average Bonchev–Trinajstić information content (AvgIpc) is 3.16. The van der Waals surface area contributed by atoms with E-state index in [2.05, 4.69) is 15.5 Å². The van der Waals surface area contributed by atoms with Gasteiger partial charge in [-0.3, -0.25) is 4.79 Å². The minimum Gasteiger partial charge on any atom is -0.497 e. The number of methoxy groups -OCH3 is 1. The normalized spacial score (nSPS) is 12.0. The molecule has 0 spiro atoms. The number of rotatable bonds is 6. The SMILES string of the molecule is COc1cccc(-c2noc([C@H](NC(=O)c3ccc(C)cc3)C(C)C)n2)c1. The molecule has 1 heterocycles. The second kappa shape index (κ2) is 8.03. The van der Waals surface area contributed by atoms with E-state index >= 15 is 0 Å². The zero-order valence-corrected chi connectivity index (χ0v) is 15.9. The minimum atomic E-state index is -0.384. The lowest BCUT2D eigenvalue weighted by atomic mass is 10.0. The molecule has 0 fully saturated rings.